The number of esters is 3. The number of alkyl halides is 6. The molecule has 3 fully saturated rings. The molecule has 0 aromatic rings. The molecule has 3 rings (SSSR count). The van der Waals surface area contributed by atoms with Crippen LogP contribution in [-0.4, -0.2) is 48.6 Å². The number of rotatable bonds is 7. The van der Waals surface area contributed by atoms with Gasteiger partial charge in [0.1, 0.15) is 12.2 Å². The maximum atomic E-state index is 13.0. The van der Waals surface area contributed by atoms with E-state index in [9.17, 15) is 40.7 Å². The molecular formula is C21H26F6O6. The van der Waals surface area contributed by atoms with Crippen LogP contribution < -0.4 is 0 Å². The summed E-state index contributed by atoms with van der Waals surface area (Å²) >= 11 is 0. The van der Waals surface area contributed by atoms with Crippen LogP contribution in [0.2, 0.25) is 0 Å². The quantitative estimate of drug-likeness (QED) is 0.230. The molecule has 3 aliphatic rings. The molecule has 2 saturated carbocycles. The zero-order valence-electron chi connectivity index (χ0n) is 18.5. The Kier molecular flexibility index (Phi) is 6.24. The fourth-order valence-corrected chi connectivity index (χ4v) is 5.37. The van der Waals surface area contributed by atoms with Crippen LogP contribution in [0.25, 0.3) is 0 Å². The Morgan fingerprint density at radius 1 is 1.15 bits per heavy atom. The molecule has 6 atom stereocenters. The lowest BCUT2D eigenvalue weighted by atomic mass is 9.73. The Morgan fingerprint density at radius 2 is 1.73 bits per heavy atom. The summed E-state index contributed by atoms with van der Waals surface area (Å²) in [5.41, 5.74) is -3.10. The van der Waals surface area contributed by atoms with Gasteiger partial charge in [0.25, 0.3) is 6.10 Å². The van der Waals surface area contributed by atoms with E-state index in [1.165, 1.54) is 0 Å². The highest BCUT2D eigenvalue weighted by Crippen LogP contribution is 2.63. The SMILES string of the molecule is CCCC(C)(C(=O)OC1C2CC3C1OC(=O)C3(C(=O)OC(C(F)(F)F)C(F)(F)F)C2)C(C)C. The molecule has 2 aliphatic carbocycles. The Hall–Kier alpha value is -2.01. The van der Waals surface area contributed by atoms with Crippen LogP contribution in [0.1, 0.15) is 53.4 Å². The second kappa shape index (κ2) is 8.04. The Balaban J connectivity index is 1.81. The molecule has 0 amide bonds. The first-order chi connectivity index (χ1) is 15.0. The molecule has 33 heavy (non-hydrogen) atoms. The zero-order chi connectivity index (χ0) is 25.1. The molecule has 0 aromatic carbocycles. The van der Waals surface area contributed by atoms with Gasteiger partial charge in [0.15, 0.2) is 5.41 Å². The lowest BCUT2D eigenvalue weighted by Crippen LogP contribution is -2.52. The maximum absolute atomic E-state index is 13.0. The van der Waals surface area contributed by atoms with Crippen molar-refractivity contribution in [3.63, 3.8) is 0 Å². The van der Waals surface area contributed by atoms with Crippen molar-refractivity contribution in [3.8, 4) is 0 Å². The van der Waals surface area contributed by atoms with Crippen molar-refractivity contribution in [2.75, 3.05) is 0 Å². The van der Waals surface area contributed by atoms with E-state index in [2.05, 4.69) is 4.74 Å². The second-order valence-electron chi connectivity index (χ2n) is 9.71. The van der Waals surface area contributed by atoms with Crippen molar-refractivity contribution < 1.29 is 54.9 Å². The maximum Gasteiger partial charge on any atom is 0.434 e. The summed E-state index contributed by atoms with van der Waals surface area (Å²) in [4.78, 5) is 38.1. The summed E-state index contributed by atoms with van der Waals surface area (Å²) < 4.78 is 91.9. The van der Waals surface area contributed by atoms with Gasteiger partial charge >= 0.3 is 30.3 Å². The summed E-state index contributed by atoms with van der Waals surface area (Å²) in [7, 11) is 0. The lowest BCUT2D eigenvalue weighted by Gasteiger charge is -2.36. The third-order valence-corrected chi connectivity index (χ3v) is 7.50. The summed E-state index contributed by atoms with van der Waals surface area (Å²) in [6, 6.07) is 0. The number of carbonyl (C=O) groups is 3. The van der Waals surface area contributed by atoms with Crippen LogP contribution in [0, 0.1) is 28.6 Å². The number of halogens is 6. The predicted octanol–water partition coefficient (Wildman–Crippen LogP) is 4.35. The molecule has 188 valence electrons. The molecule has 0 radical (unpaired) electrons. The summed E-state index contributed by atoms with van der Waals surface area (Å²) in [5.74, 6) is -5.42. The highest BCUT2D eigenvalue weighted by molar-refractivity contribution is 6.03. The van der Waals surface area contributed by atoms with Crippen LogP contribution in [0.15, 0.2) is 0 Å². The largest absolute Gasteiger partial charge is 0.458 e. The molecule has 0 N–H and O–H groups in total. The van der Waals surface area contributed by atoms with Crippen molar-refractivity contribution in [1.29, 1.82) is 0 Å². The van der Waals surface area contributed by atoms with Crippen molar-refractivity contribution in [2.45, 2.75) is 84.0 Å². The van der Waals surface area contributed by atoms with Gasteiger partial charge in [-0.2, -0.15) is 26.3 Å². The average molecular weight is 488 g/mol. The molecule has 1 aliphatic heterocycles. The molecule has 0 aromatic heterocycles. The van der Waals surface area contributed by atoms with E-state index in [0.29, 0.717) is 12.8 Å². The molecule has 6 unspecified atom stereocenters. The van der Waals surface area contributed by atoms with Crippen LogP contribution in [0.4, 0.5) is 26.3 Å². The van der Waals surface area contributed by atoms with Crippen molar-refractivity contribution in [1.82, 2.24) is 0 Å². The molecular weight excluding hydrogens is 462 g/mol. The van der Waals surface area contributed by atoms with E-state index in [1.807, 2.05) is 20.8 Å². The zero-order valence-corrected chi connectivity index (χ0v) is 18.5. The van der Waals surface area contributed by atoms with Gasteiger partial charge in [0, 0.05) is 11.8 Å². The summed E-state index contributed by atoms with van der Waals surface area (Å²) in [6.45, 7) is 7.35. The van der Waals surface area contributed by atoms with Gasteiger partial charge in [-0.25, -0.2) is 0 Å². The van der Waals surface area contributed by atoms with Crippen LogP contribution in [-0.2, 0) is 28.6 Å². The van der Waals surface area contributed by atoms with Gasteiger partial charge in [-0.1, -0.05) is 27.2 Å². The van der Waals surface area contributed by atoms with E-state index >= 15 is 0 Å². The first kappa shape index (κ1) is 25.6. The molecule has 1 heterocycles. The van der Waals surface area contributed by atoms with Crippen LogP contribution in [0.5, 0.6) is 0 Å². The smallest absolute Gasteiger partial charge is 0.434 e. The van der Waals surface area contributed by atoms with Crippen molar-refractivity contribution in [2.24, 2.45) is 28.6 Å². The number of hydrogen-bond donors (Lipinski definition) is 0. The van der Waals surface area contributed by atoms with E-state index in [1.54, 1.807) is 6.92 Å². The van der Waals surface area contributed by atoms with Gasteiger partial charge in [0.2, 0.25) is 0 Å². The number of ether oxygens (including phenoxy) is 3. The fourth-order valence-electron chi connectivity index (χ4n) is 5.37. The van der Waals surface area contributed by atoms with E-state index in [-0.39, 0.29) is 12.3 Å². The number of hydrogen-bond acceptors (Lipinski definition) is 6. The Labute approximate surface area is 186 Å². The van der Waals surface area contributed by atoms with E-state index < -0.39 is 77.7 Å². The van der Waals surface area contributed by atoms with E-state index in [0.717, 1.165) is 0 Å². The standard InChI is InChI=1S/C21H26F6O6/c1-5-6-18(4,9(2)3)15(28)31-12-10-7-11-13(12)32-16(29)19(11,8-10)17(30)33-14(20(22,23)24)21(25,26)27/h9-14H,5-8H2,1-4H3. The first-order valence-electron chi connectivity index (χ1n) is 10.8. The summed E-state index contributed by atoms with van der Waals surface area (Å²) in [5, 5.41) is 0. The predicted molar refractivity (Wildman–Crippen MR) is 98.3 cm³/mol. The molecule has 6 nitrogen and oxygen atoms in total. The highest BCUT2D eigenvalue weighted by atomic mass is 19.4. The number of fused-ring (bicyclic) bond motifs is 1. The minimum Gasteiger partial charge on any atom is -0.458 e. The van der Waals surface area contributed by atoms with Crippen LogP contribution >= 0.6 is 0 Å². The molecule has 0 spiro atoms. The van der Waals surface area contributed by atoms with Gasteiger partial charge in [0.05, 0.1) is 5.41 Å². The minimum absolute atomic E-state index is 0.0783. The summed E-state index contributed by atoms with van der Waals surface area (Å²) in [6.07, 6.45) is -17.3. The number of carbonyl (C=O) groups excluding carboxylic acids is 3. The Bertz CT molecular complexity index is 809. The molecule has 12 heteroatoms. The lowest BCUT2D eigenvalue weighted by molar-refractivity contribution is -0.315. The van der Waals surface area contributed by atoms with Gasteiger partial charge in [-0.15, -0.1) is 0 Å². The van der Waals surface area contributed by atoms with Crippen molar-refractivity contribution >= 4 is 17.9 Å². The second-order valence-corrected chi connectivity index (χ2v) is 9.71. The topological polar surface area (TPSA) is 78.9 Å². The van der Waals surface area contributed by atoms with Gasteiger partial charge in [-0.3, -0.25) is 14.4 Å². The van der Waals surface area contributed by atoms with Gasteiger partial charge < -0.3 is 14.2 Å². The van der Waals surface area contributed by atoms with Gasteiger partial charge in [-0.05, 0) is 32.1 Å². The molecule has 2 bridgehead atoms. The average Bonchev–Trinajstić information content (AvgIpc) is 3.26. The van der Waals surface area contributed by atoms with E-state index in [4.69, 9.17) is 9.47 Å². The third-order valence-electron chi connectivity index (χ3n) is 7.50. The van der Waals surface area contributed by atoms with Crippen LogP contribution in [0.3, 0.4) is 0 Å². The Morgan fingerprint density at radius 3 is 2.21 bits per heavy atom. The minimum atomic E-state index is -5.90. The first-order valence-corrected chi connectivity index (χ1v) is 10.8. The normalized spacial score (nSPS) is 32.8. The third kappa shape index (κ3) is 3.96. The molecule has 1 saturated heterocycles. The van der Waals surface area contributed by atoms with Crippen molar-refractivity contribution in [3.05, 3.63) is 0 Å². The fraction of sp³-hybridized carbons (Fsp3) is 0.857. The highest BCUT2D eigenvalue weighted by Gasteiger charge is 2.76. The monoisotopic (exact) mass is 488 g/mol.